The molecule has 2 N–H and O–H groups in total. The second kappa shape index (κ2) is 11.2. The van der Waals surface area contributed by atoms with E-state index < -0.39 is 23.8 Å². The number of hydrogen-bond donors (Lipinski definition) is 2. The number of halogens is 3. The summed E-state index contributed by atoms with van der Waals surface area (Å²) in [4.78, 5) is 26.5. The van der Waals surface area contributed by atoms with E-state index in [1.165, 1.54) is 18.5 Å². The lowest BCUT2D eigenvalue weighted by Crippen LogP contribution is -2.52. The van der Waals surface area contributed by atoms with Gasteiger partial charge in [0.05, 0.1) is 23.3 Å². The molecule has 2 aliphatic heterocycles. The quantitative estimate of drug-likeness (QED) is 0.589. The van der Waals surface area contributed by atoms with E-state index in [0.717, 1.165) is 36.4 Å². The first kappa shape index (κ1) is 26.8. The first-order valence-corrected chi connectivity index (χ1v) is 13.3. The highest BCUT2D eigenvalue weighted by atomic mass is 19.4. The molecule has 1 aromatic heterocycles. The molecule has 3 atom stereocenters. The van der Waals surface area contributed by atoms with Gasteiger partial charge in [-0.3, -0.25) is 4.79 Å². The van der Waals surface area contributed by atoms with E-state index in [-0.39, 0.29) is 17.9 Å². The Balaban J connectivity index is 1.29. The van der Waals surface area contributed by atoms with Gasteiger partial charge in [-0.25, -0.2) is 9.97 Å². The lowest BCUT2D eigenvalue weighted by Gasteiger charge is -2.38. The number of benzene rings is 1. The molecule has 1 unspecified atom stereocenters. The van der Waals surface area contributed by atoms with Crippen molar-refractivity contribution in [1.82, 2.24) is 20.2 Å². The van der Waals surface area contributed by atoms with Gasteiger partial charge in [-0.15, -0.1) is 0 Å². The maximum atomic E-state index is 13.7. The monoisotopic (exact) mass is 533 g/mol. The molecular weight excluding hydrogens is 499 g/mol. The number of rotatable bonds is 6. The number of aliphatic hydroxyl groups is 1. The topological polar surface area (TPSA) is 90.8 Å². The summed E-state index contributed by atoms with van der Waals surface area (Å²) in [5.41, 5.74) is 1.50. The van der Waals surface area contributed by atoms with Crippen molar-refractivity contribution >= 4 is 11.7 Å². The Morgan fingerprint density at radius 3 is 2.47 bits per heavy atom. The maximum Gasteiger partial charge on any atom is 0.416 e. The van der Waals surface area contributed by atoms with Gasteiger partial charge >= 0.3 is 6.18 Å². The standard InChI is InChI=1S/C27H34F3N5O3/c1-17-14-22(36)24-23(17)25(33-16-32-24)34-8-10-35(11-9-34)26(37)21(15-31-20-6-12-38-13-7-20)18-2-4-19(5-3-18)27(28,29)30/h2-5,16-17,20-22,31,36H,6-15H2,1H3/t17-,21?,22+/m1/s1. The molecular formula is C27H34F3N5O3. The van der Waals surface area contributed by atoms with Gasteiger partial charge in [-0.1, -0.05) is 19.1 Å². The minimum Gasteiger partial charge on any atom is -0.387 e. The van der Waals surface area contributed by atoms with Crippen molar-refractivity contribution in [3.63, 3.8) is 0 Å². The van der Waals surface area contributed by atoms with Gasteiger partial charge in [0.15, 0.2) is 0 Å². The highest BCUT2D eigenvalue weighted by Gasteiger charge is 2.36. The molecule has 1 aromatic carbocycles. The lowest BCUT2D eigenvalue weighted by atomic mass is 9.95. The van der Waals surface area contributed by atoms with E-state index in [0.29, 0.717) is 63.6 Å². The summed E-state index contributed by atoms with van der Waals surface area (Å²) in [6.07, 6.45) is -1.24. The van der Waals surface area contributed by atoms with E-state index in [9.17, 15) is 23.1 Å². The molecule has 8 nitrogen and oxygen atoms in total. The van der Waals surface area contributed by atoms with Crippen molar-refractivity contribution in [2.75, 3.05) is 50.8 Å². The molecule has 11 heteroatoms. The SMILES string of the molecule is C[C@@H]1C[C@H](O)c2ncnc(N3CCN(C(=O)C(CNC4CCOCC4)c4ccc(C(F)(F)F)cc4)CC3)c21. The largest absolute Gasteiger partial charge is 0.416 e. The summed E-state index contributed by atoms with van der Waals surface area (Å²) in [5.74, 6) is 0.272. The molecule has 1 aliphatic carbocycles. The van der Waals surface area contributed by atoms with E-state index in [4.69, 9.17) is 4.74 Å². The number of alkyl halides is 3. The third-order valence-corrected chi connectivity index (χ3v) is 7.94. The Labute approximate surface area is 220 Å². The summed E-state index contributed by atoms with van der Waals surface area (Å²) >= 11 is 0. The third kappa shape index (κ3) is 5.64. The third-order valence-electron chi connectivity index (χ3n) is 7.94. The second-order valence-corrected chi connectivity index (χ2v) is 10.4. The molecule has 5 rings (SSSR count). The smallest absolute Gasteiger partial charge is 0.387 e. The van der Waals surface area contributed by atoms with E-state index in [1.54, 1.807) is 4.90 Å². The zero-order chi connectivity index (χ0) is 26.9. The molecule has 2 aromatic rings. The molecule has 3 heterocycles. The Kier molecular flexibility index (Phi) is 7.88. The van der Waals surface area contributed by atoms with Crippen LogP contribution in [0.15, 0.2) is 30.6 Å². The van der Waals surface area contributed by atoms with Gasteiger partial charge in [-0.2, -0.15) is 13.2 Å². The van der Waals surface area contributed by atoms with Gasteiger partial charge in [0.1, 0.15) is 12.1 Å². The minimum atomic E-state index is -4.43. The fraction of sp³-hybridized carbons (Fsp3) is 0.593. The molecule has 3 aliphatic rings. The zero-order valence-electron chi connectivity index (χ0n) is 21.5. The van der Waals surface area contributed by atoms with E-state index in [2.05, 4.69) is 27.1 Å². The number of aliphatic hydroxyl groups excluding tert-OH is 1. The van der Waals surface area contributed by atoms with Crippen molar-refractivity contribution in [2.45, 2.75) is 56.3 Å². The van der Waals surface area contributed by atoms with Gasteiger partial charge in [0.25, 0.3) is 0 Å². The minimum absolute atomic E-state index is 0.0966. The average molecular weight is 534 g/mol. The van der Waals surface area contributed by atoms with Crippen LogP contribution in [0.1, 0.15) is 66.5 Å². The van der Waals surface area contributed by atoms with Gasteiger partial charge in [0, 0.05) is 57.5 Å². The first-order valence-electron chi connectivity index (χ1n) is 13.3. The fourth-order valence-electron chi connectivity index (χ4n) is 5.75. The van der Waals surface area contributed by atoms with Crippen LogP contribution in [0.3, 0.4) is 0 Å². The van der Waals surface area contributed by atoms with Gasteiger partial charge < -0.3 is 25.0 Å². The number of anilines is 1. The summed E-state index contributed by atoms with van der Waals surface area (Å²) in [7, 11) is 0. The molecule has 206 valence electrons. The Hall–Kier alpha value is -2.76. The van der Waals surface area contributed by atoms with Gasteiger partial charge in [0.2, 0.25) is 5.91 Å². The molecule has 38 heavy (non-hydrogen) atoms. The maximum absolute atomic E-state index is 13.7. The predicted octanol–water partition coefficient (Wildman–Crippen LogP) is 3.24. The molecule has 0 saturated carbocycles. The Bertz CT molecular complexity index is 1120. The van der Waals surface area contributed by atoms with Crippen LogP contribution in [0.2, 0.25) is 0 Å². The van der Waals surface area contributed by atoms with Crippen LogP contribution in [-0.4, -0.2) is 77.9 Å². The number of aromatic nitrogens is 2. The van der Waals surface area contributed by atoms with Crippen molar-refractivity contribution in [3.8, 4) is 0 Å². The second-order valence-electron chi connectivity index (χ2n) is 10.4. The van der Waals surface area contributed by atoms with Crippen molar-refractivity contribution in [1.29, 1.82) is 0 Å². The lowest BCUT2D eigenvalue weighted by molar-refractivity contribution is -0.137. The van der Waals surface area contributed by atoms with Crippen molar-refractivity contribution in [3.05, 3.63) is 53.0 Å². The summed E-state index contributed by atoms with van der Waals surface area (Å²) in [6, 6.07) is 5.15. The van der Waals surface area contributed by atoms with Crippen LogP contribution in [0.4, 0.5) is 19.0 Å². The van der Waals surface area contributed by atoms with Gasteiger partial charge in [-0.05, 0) is 42.9 Å². The molecule has 2 fully saturated rings. The summed E-state index contributed by atoms with van der Waals surface area (Å²) in [6.45, 7) is 5.82. The Morgan fingerprint density at radius 2 is 1.82 bits per heavy atom. The van der Waals surface area contributed by atoms with E-state index in [1.807, 2.05) is 0 Å². The van der Waals surface area contributed by atoms with Crippen LogP contribution >= 0.6 is 0 Å². The van der Waals surface area contributed by atoms with Crippen LogP contribution in [-0.2, 0) is 15.7 Å². The zero-order valence-corrected chi connectivity index (χ0v) is 21.5. The summed E-state index contributed by atoms with van der Waals surface area (Å²) < 4.78 is 44.8. The number of carbonyl (C=O) groups excluding carboxylic acids is 1. The number of fused-ring (bicyclic) bond motifs is 1. The van der Waals surface area contributed by atoms with Crippen LogP contribution in [0.5, 0.6) is 0 Å². The van der Waals surface area contributed by atoms with Crippen molar-refractivity contribution < 1.29 is 27.8 Å². The molecule has 0 radical (unpaired) electrons. The summed E-state index contributed by atoms with van der Waals surface area (Å²) in [5, 5.41) is 13.8. The highest BCUT2D eigenvalue weighted by Crippen LogP contribution is 2.42. The number of ether oxygens (including phenoxy) is 1. The van der Waals surface area contributed by atoms with Crippen LogP contribution < -0.4 is 10.2 Å². The molecule has 0 bridgehead atoms. The molecule has 2 saturated heterocycles. The number of amides is 1. The number of carbonyl (C=O) groups is 1. The van der Waals surface area contributed by atoms with E-state index >= 15 is 0 Å². The normalized spacial score (nSPS) is 23.4. The predicted molar refractivity (Wildman–Crippen MR) is 135 cm³/mol. The van der Waals surface area contributed by atoms with Crippen LogP contribution in [0, 0.1) is 0 Å². The Morgan fingerprint density at radius 1 is 1.13 bits per heavy atom. The highest BCUT2D eigenvalue weighted by molar-refractivity contribution is 5.84. The van der Waals surface area contributed by atoms with Crippen molar-refractivity contribution in [2.24, 2.45) is 0 Å². The number of nitrogens with one attached hydrogen (secondary N) is 1. The van der Waals surface area contributed by atoms with Crippen LogP contribution in [0.25, 0.3) is 0 Å². The molecule has 0 spiro atoms. The average Bonchev–Trinajstić information content (AvgIpc) is 3.22. The number of hydrogen-bond acceptors (Lipinski definition) is 7. The fourth-order valence-corrected chi connectivity index (χ4v) is 5.75. The number of piperazine rings is 1. The first-order chi connectivity index (χ1) is 18.2. The number of nitrogens with zero attached hydrogens (tertiary/aromatic N) is 4. The molecule has 1 amide bonds.